The summed E-state index contributed by atoms with van der Waals surface area (Å²) in [5.41, 5.74) is 6.43. The second-order valence-electron chi connectivity index (χ2n) is 6.07. The molecule has 1 aromatic carbocycles. The molecule has 0 saturated carbocycles. The fourth-order valence-corrected chi connectivity index (χ4v) is 2.91. The summed E-state index contributed by atoms with van der Waals surface area (Å²) in [6.07, 6.45) is 0.182. The minimum Gasteiger partial charge on any atom is -0.486 e. The average Bonchev–Trinajstić information content (AvgIpc) is 2.60. The van der Waals surface area contributed by atoms with Crippen LogP contribution in [0.4, 0.5) is 0 Å². The van der Waals surface area contributed by atoms with Gasteiger partial charge in [0, 0.05) is 12.2 Å². The number of nitrogens with two attached hydrogens (primary N) is 1. The van der Waals surface area contributed by atoms with Gasteiger partial charge in [0.2, 0.25) is 5.91 Å². The second-order valence-corrected chi connectivity index (χ2v) is 6.07. The van der Waals surface area contributed by atoms with Gasteiger partial charge < -0.3 is 30.0 Å². The molecule has 3 N–H and O–H groups in total. The highest BCUT2D eigenvalue weighted by molar-refractivity contribution is 5.96. The number of fused-ring (bicyclic) bond motifs is 1. The van der Waals surface area contributed by atoms with Crippen LogP contribution in [-0.4, -0.2) is 57.0 Å². The number of rotatable bonds is 5. The zero-order chi connectivity index (χ0) is 17.8. The van der Waals surface area contributed by atoms with E-state index < -0.39 is 12.0 Å². The summed E-state index contributed by atoms with van der Waals surface area (Å²) in [4.78, 5) is 23.6. The number of amides is 2. The van der Waals surface area contributed by atoms with E-state index in [2.05, 4.69) is 5.32 Å². The summed E-state index contributed by atoms with van der Waals surface area (Å²) in [6.45, 7) is 3.42. The summed E-state index contributed by atoms with van der Waals surface area (Å²) in [5, 5.41) is 2.96. The van der Waals surface area contributed by atoms with E-state index in [9.17, 15) is 9.59 Å². The molecule has 8 heteroatoms. The zero-order valence-corrected chi connectivity index (χ0v) is 14.1. The van der Waals surface area contributed by atoms with E-state index in [1.807, 2.05) is 6.92 Å². The Morgan fingerprint density at radius 1 is 1.24 bits per heavy atom. The van der Waals surface area contributed by atoms with Crippen molar-refractivity contribution in [2.24, 2.45) is 5.73 Å². The van der Waals surface area contributed by atoms with E-state index in [0.717, 1.165) is 5.56 Å². The van der Waals surface area contributed by atoms with Crippen molar-refractivity contribution >= 4 is 11.8 Å². The maximum absolute atomic E-state index is 12.7. The fourth-order valence-electron chi connectivity index (χ4n) is 2.91. The number of primary amides is 1. The number of hydrogen-bond acceptors (Lipinski definition) is 6. The van der Waals surface area contributed by atoms with Gasteiger partial charge in [0.15, 0.2) is 11.5 Å². The molecular formula is C17H22N2O6. The smallest absolute Gasteiger partial charge is 0.251 e. The van der Waals surface area contributed by atoms with Crippen molar-refractivity contribution < 1.29 is 28.5 Å². The van der Waals surface area contributed by atoms with Gasteiger partial charge in [0.25, 0.3) is 5.91 Å². The van der Waals surface area contributed by atoms with Crippen molar-refractivity contribution in [1.82, 2.24) is 5.32 Å². The van der Waals surface area contributed by atoms with Crippen LogP contribution in [0.5, 0.6) is 11.5 Å². The first-order valence-corrected chi connectivity index (χ1v) is 8.23. The number of ether oxygens (including phenoxy) is 4. The molecule has 0 radical (unpaired) electrons. The summed E-state index contributed by atoms with van der Waals surface area (Å²) in [7, 11) is 0. The van der Waals surface area contributed by atoms with Crippen LogP contribution < -0.4 is 20.5 Å². The Hall–Kier alpha value is -2.32. The molecule has 2 amide bonds. The Balaban J connectivity index is 1.71. The standard InChI is InChI=1S/C17H22N2O6/c1-10-6-13-14(24-5-4-23-13)7-11(10)17(21)19-12-2-3-22-8-15(12)25-9-16(18)20/h6-7,12,15H,2-5,8-9H2,1H3,(H2,18,20)(H,19,21)/t12-,15-/m1/s1. The minimum atomic E-state index is -0.557. The minimum absolute atomic E-state index is 0.205. The van der Waals surface area contributed by atoms with Gasteiger partial charge in [-0.05, 0) is 31.0 Å². The second kappa shape index (κ2) is 7.71. The van der Waals surface area contributed by atoms with Crippen molar-refractivity contribution in [2.45, 2.75) is 25.5 Å². The summed E-state index contributed by atoms with van der Waals surface area (Å²) >= 11 is 0. The highest BCUT2D eigenvalue weighted by Crippen LogP contribution is 2.33. The van der Waals surface area contributed by atoms with Crippen LogP contribution in [0.25, 0.3) is 0 Å². The average molecular weight is 350 g/mol. The molecule has 2 atom stereocenters. The third kappa shape index (κ3) is 4.21. The molecule has 0 bridgehead atoms. The van der Waals surface area contributed by atoms with Gasteiger partial charge in [-0.1, -0.05) is 0 Å². The number of carbonyl (C=O) groups excluding carboxylic acids is 2. The lowest BCUT2D eigenvalue weighted by molar-refractivity contribution is -0.129. The molecule has 8 nitrogen and oxygen atoms in total. The van der Waals surface area contributed by atoms with E-state index in [-0.39, 0.29) is 18.6 Å². The summed E-state index contributed by atoms with van der Waals surface area (Å²) in [6, 6.07) is 3.24. The summed E-state index contributed by atoms with van der Waals surface area (Å²) in [5.74, 6) is 0.428. The van der Waals surface area contributed by atoms with E-state index in [1.54, 1.807) is 12.1 Å². The van der Waals surface area contributed by atoms with Gasteiger partial charge in [-0.15, -0.1) is 0 Å². The molecule has 2 aliphatic heterocycles. The maximum Gasteiger partial charge on any atom is 0.251 e. The van der Waals surface area contributed by atoms with Crippen LogP contribution in [-0.2, 0) is 14.3 Å². The molecule has 0 unspecified atom stereocenters. The Labute approximate surface area is 145 Å². The van der Waals surface area contributed by atoms with E-state index in [0.29, 0.717) is 49.9 Å². The molecule has 2 aliphatic rings. The van der Waals surface area contributed by atoms with Crippen molar-refractivity contribution in [3.05, 3.63) is 23.3 Å². The molecule has 1 fully saturated rings. The van der Waals surface area contributed by atoms with Crippen LogP contribution in [0.2, 0.25) is 0 Å². The third-order valence-electron chi connectivity index (χ3n) is 4.19. The predicted molar refractivity (Wildman–Crippen MR) is 87.8 cm³/mol. The monoisotopic (exact) mass is 350 g/mol. The predicted octanol–water partition coefficient (Wildman–Crippen LogP) is 0.155. The first kappa shape index (κ1) is 17.5. The Morgan fingerprint density at radius 2 is 1.96 bits per heavy atom. The van der Waals surface area contributed by atoms with Gasteiger partial charge in [-0.3, -0.25) is 9.59 Å². The number of nitrogens with one attached hydrogen (secondary N) is 1. The van der Waals surface area contributed by atoms with Crippen molar-refractivity contribution in [2.75, 3.05) is 33.0 Å². The van der Waals surface area contributed by atoms with E-state index in [1.165, 1.54) is 0 Å². The highest BCUT2D eigenvalue weighted by atomic mass is 16.6. The highest BCUT2D eigenvalue weighted by Gasteiger charge is 2.29. The molecule has 0 aromatic heterocycles. The first-order valence-electron chi connectivity index (χ1n) is 8.23. The number of carbonyl (C=O) groups is 2. The van der Waals surface area contributed by atoms with Crippen molar-refractivity contribution in [1.29, 1.82) is 0 Å². The number of hydrogen-bond donors (Lipinski definition) is 2. The molecule has 1 saturated heterocycles. The normalized spacial score (nSPS) is 22.3. The molecule has 0 spiro atoms. The molecule has 3 rings (SSSR count). The first-order chi connectivity index (χ1) is 12.0. The van der Waals surface area contributed by atoms with Gasteiger partial charge in [0.1, 0.15) is 25.9 Å². The zero-order valence-electron chi connectivity index (χ0n) is 14.1. The van der Waals surface area contributed by atoms with Crippen LogP contribution in [0, 0.1) is 6.92 Å². The maximum atomic E-state index is 12.7. The van der Waals surface area contributed by atoms with Gasteiger partial charge in [-0.2, -0.15) is 0 Å². The van der Waals surface area contributed by atoms with Gasteiger partial charge in [0.05, 0.1) is 12.6 Å². The quantitative estimate of drug-likeness (QED) is 0.783. The lowest BCUT2D eigenvalue weighted by atomic mass is 10.0. The Kier molecular flexibility index (Phi) is 5.40. The van der Waals surface area contributed by atoms with Gasteiger partial charge >= 0.3 is 0 Å². The topological polar surface area (TPSA) is 109 Å². The van der Waals surface area contributed by atoms with Crippen LogP contribution in [0.15, 0.2) is 12.1 Å². The van der Waals surface area contributed by atoms with Crippen LogP contribution in [0.3, 0.4) is 0 Å². The summed E-state index contributed by atoms with van der Waals surface area (Å²) < 4.78 is 21.9. The number of benzene rings is 1. The van der Waals surface area contributed by atoms with Crippen molar-refractivity contribution in [3.63, 3.8) is 0 Å². The van der Waals surface area contributed by atoms with E-state index in [4.69, 9.17) is 24.7 Å². The Bertz CT molecular complexity index is 663. The SMILES string of the molecule is Cc1cc2c(cc1C(=O)N[C@@H]1CCOC[C@H]1OCC(N)=O)OCCO2. The lowest BCUT2D eigenvalue weighted by Gasteiger charge is -2.32. The fraction of sp³-hybridized carbons (Fsp3) is 0.529. The molecule has 1 aromatic rings. The molecular weight excluding hydrogens is 328 g/mol. The van der Waals surface area contributed by atoms with Crippen molar-refractivity contribution in [3.8, 4) is 11.5 Å². The Morgan fingerprint density at radius 3 is 2.68 bits per heavy atom. The molecule has 0 aliphatic carbocycles. The largest absolute Gasteiger partial charge is 0.486 e. The van der Waals surface area contributed by atoms with E-state index >= 15 is 0 Å². The van der Waals surface area contributed by atoms with Crippen LogP contribution >= 0.6 is 0 Å². The number of aryl methyl sites for hydroxylation is 1. The molecule has 136 valence electrons. The lowest BCUT2D eigenvalue weighted by Crippen LogP contribution is -2.50. The molecule has 25 heavy (non-hydrogen) atoms. The van der Waals surface area contributed by atoms with Gasteiger partial charge in [-0.25, -0.2) is 0 Å². The third-order valence-corrected chi connectivity index (χ3v) is 4.19. The van der Waals surface area contributed by atoms with Crippen LogP contribution in [0.1, 0.15) is 22.3 Å². The molecule has 2 heterocycles.